The lowest BCUT2D eigenvalue weighted by Gasteiger charge is -2.40. The Morgan fingerprint density at radius 3 is 2.18 bits per heavy atom. The molecule has 1 saturated heterocycles. The SMILES string of the molecule is FC(F)(F)[C@@H]1CCC[C@@]2(CCN(C3CCCCCCC3)C2)C1. The Balaban J connectivity index is 1.60. The van der Waals surface area contributed by atoms with Gasteiger partial charge in [0.2, 0.25) is 0 Å². The third-order valence-electron chi connectivity index (χ3n) is 6.46. The molecular formula is C18H30F3N. The monoisotopic (exact) mass is 317 g/mol. The number of halogens is 3. The van der Waals surface area contributed by atoms with E-state index in [1.165, 1.54) is 44.9 Å². The van der Waals surface area contributed by atoms with Crippen LogP contribution in [0.1, 0.15) is 77.0 Å². The zero-order valence-electron chi connectivity index (χ0n) is 13.6. The molecule has 0 amide bonds. The minimum absolute atomic E-state index is 0.0270. The van der Waals surface area contributed by atoms with E-state index in [9.17, 15) is 13.2 Å². The predicted molar refractivity (Wildman–Crippen MR) is 82.7 cm³/mol. The zero-order chi connectivity index (χ0) is 15.6. The second kappa shape index (κ2) is 6.70. The maximum Gasteiger partial charge on any atom is 0.391 e. The van der Waals surface area contributed by atoms with Gasteiger partial charge >= 0.3 is 6.18 Å². The second-order valence-corrected chi connectivity index (χ2v) is 8.05. The average Bonchev–Trinajstić information content (AvgIpc) is 2.81. The highest BCUT2D eigenvalue weighted by Crippen LogP contribution is 2.50. The van der Waals surface area contributed by atoms with Gasteiger partial charge in [0.1, 0.15) is 0 Å². The van der Waals surface area contributed by atoms with E-state index in [-0.39, 0.29) is 5.41 Å². The molecule has 0 aromatic heterocycles. The number of hydrogen-bond acceptors (Lipinski definition) is 1. The fourth-order valence-corrected chi connectivity index (χ4v) is 5.18. The summed E-state index contributed by atoms with van der Waals surface area (Å²) in [5, 5.41) is 0. The van der Waals surface area contributed by atoms with E-state index in [0.717, 1.165) is 32.4 Å². The summed E-state index contributed by atoms with van der Waals surface area (Å²) < 4.78 is 39.3. The van der Waals surface area contributed by atoms with E-state index in [2.05, 4.69) is 4.90 Å². The summed E-state index contributed by atoms with van der Waals surface area (Å²) in [4.78, 5) is 2.56. The molecule has 0 bridgehead atoms. The standard InChI is InChI=1S/C18H30F3N/c19-18(20,21)15-7-6-10-17(13-15)11-12-22(14-17)16-8-4-2-1-3-5-9-16/h15-16H,1-14H2/t15-,17-/m1/s1. The molecule has 2 saturated carbocycles. The number of hydrogen-bond donors (Lipinski definition) is 0. The van der Waals surface area contributed by atoms with Gasteiger partial charge in [-0.25, -0.2) is 0 Å². The van der Waals surface area contributed by atoms with E-state index < -0.39 is 12.1 Å². The summed E-state index contributed by atoms with van der Waals surface area (Å²) in [6, 6.07) is 0.644. The van der Waals surface area contributed by atoms with Gasteiger partial charge in [-0.3, -0.25) is 4.90 Å². The zero-order valence-corrected chi connectivity index (χ0v) is 13.6. The highest BCUT2D eigenvalue weighted by atomic mass is 19.4. The summed E-state index contributed by atoms with van der Waals surface area (Å²) in [5.74, 6) is -1.04. The van der Waals surface area contributed by atoms with Crippen LogP contribution < -0.4 is 0 Å². The van der Waals surface area contributed by atoms with Crippen molar-refractivity contribution in [1.82, 2.24) is 4.90 Å². The Hall–Kier alpha value is -0.250. The van der Waals surface area contributed by atoms with Crippen LogP contribution in [0, 0.1) is 11.3 Å². The molecule has 1 spiro atoms. The van der Waals surface area contributed by atoms with Crippen molar-refractivity contribution in [3.05, 3.63) is 0 Å². The number of likely N-dealkylation sites (tertiary alicyclic amines) is 1. The molecule has 1 aliphatic heterocycles. The lowest BCUT2D eigenvalue weighted by atomic mass is 9.69. The van der Waals surface area contributed by atoms with Crippen molar-refractivity contribution in [3.8, 4) is 0 Å². The summed E-state index contributed by atoms with van der Waals surface area (Å²) in [7, 11) is 0. The molecular weight excluding hydrogens is 287 g/mol. The highest BCUT2D eigenvalue weighted by Gasteiger charge is 2.50. The summed E-state index contributed by atoms with van der Waals surface area (Å²) >= 11 is 0. The smallest absolute Gasteiger partial charge is 0.300 e. The maximum atomic E-state index is 13.1. The van der Waals surface area contributed by atoms with Crippen molar-refractivity contribution < 1.29 is 13.2 Å². The molecule has 128 valence electrons. The molecule has 1 heterocycles. The molecule has 0 radical (unpaired) electrons. The molecule has 3 rings (SSSR count). The van der Waals surface area contributed by atoms with E-state index >= 15 is 0 Å². The first-order valence-electron chi connectivity index (χ1n) is 9.29. The molecule has 0 aromatic rings. The lowest BCUT2D eigenvalue weighted by molar-refractivity contribution is -0.191. The van der Waals surface area contributed by atoms with Crippen molar-refractivity contribution in [2.75, 3.05) is 13.1 Å². The molecule has 4 heteroatoms. The second-order valence-electron chi connectivity index (χ2n) is 8.05. The van der Waals surface area contributed by atoms with Gasteiger partial charge in [-0.2, -0.15) is 13.2 Å². The topological polar surface area (TPSA) is 3.24 Å². The minimum atomic E-state index is -3.99. The first kappa shape index (κ1) is 16.6. The molecule has 0 aromatic carbocycles. The van der Waals surface area contributed by atoms with Crippen molar-refractivity contribution in [2.45, 2.75) is 89.3 Å². The van der Waals surface area contributed by atoms with Crippen LogP contribution in [0.2, 0.25) is 0 Å². The van der Waals surface area contributed by atoms with Crippen molar-refractivity contribution in [3.63, 3.8) is 0 Å². The maximum absolute atomic E-state index is 13.1. The van der Waals surface area contributed by atoms with Gasteiger partial charge in [-0.15, -0.1) is 0 Å². The Bertz CT molecular complexity index is 360. The number of rotatable bonds is 1. The lowest BCUT2D eigenvalue weighted by Crippen LogP contribution is -2.40. The van der Waals surface area contributed by atoms with Crippen LogP contribution in [-0.4, -0.2) is 30.2 Å². The van der Waals surface area contributed by atoms with Crippen LogP contribution in [0.5, 0.6) is 0 Å². The molecule has 1 nitrogen and oxygen atoms in total. The molecule has 22 heavy (non-hydrogen) atoms. The average molecular weight is 317 g/mol. The Labute approximate surface area is 132 Å². The summed E-state index contributed by atoms with van der Waals surface area (Å²) in [6.07, 6.45) is 8.72. The van der Waals surface area contributed by atoms with E-state index in [1.807, 2.05) is 0 Å². The van der Waals surface area contributed by atoms with Crippen LogP contribution in [0.15, 0.2) is 0 Å². The van der Waals surface area contributed by atoms with Crippen LogP contribution in [-0.2, 0) is 0 Å². The van der Waals surface area contributed by atoms with Gasteiger partial charge in [0, 0.05) is 12.6 Å². The van der Waals surface area contributed by atoms with Gasteiger partial charge in [-0.05, 0) is 50.5 Å². The van der Waals surface area contributed by atoms with Crippen molar-refractivity contribution in [1.29, 1.82) is 0 Å². The van der Waals surface area contributed by atoms with Crippen molar-refractivity contribution in [2.24, 2.45) is 11.3 Å². The van der Waals surface area contributed by atoms with Crippen LogP contribution >= 0.6 is 0 Å². The molecule has 3 fully saturated rings. The summed E-state index contributed by atoms with van der Waals surface area (Å²) in [6.45, 7) is 1.97. The largest absolute Gasteiger partial charge is 0.391 e. The first-order chi connectivity index (χ1) is 10.5. The van der Waals surface area contributed by atoms with Gasteiger partial charge in [0.15, 0.2) is 0 Å². The Kier molecular flexibility index (Phi) is 5.06. The fraction of sp³-hybridized carbons (Fsp3) is 1.00. The van der Waals surface area contributed by atoms with Crippen molar-refractivity contribution >= 4 is 0 Å². The van der Waals surface area contributed by atoms with Gasteiger partial charge in [0.25, 0.3) is 0 Å². The highest BCUT2D eigenvalue weighted by molar-refractivity contribution is 4.97. The molecule has 2 atom stereocenters. The normalized spacial score (nSPS) is 36.4. The van der Waals surface area contributed by atoms with Gasteiger partial charge < -0.3 is 0 Å². The molecule has 0 N–H and O–H groups in total. The van der Waals surface area contributed by atoms with Gasteiger partial charge in [-0.1, -0.05) is 38.5 Å². The van der Waals surface area contributed by atoms with Crippen LogP contribution in [0.25, 0.3) is 0 Å². The van der Waals surface area contributed by atoms with Crippen LogP contribution in [0.4, 0.5) is 13.2 Å². The molecule has 0 unspecified atom stereocenters. The van der Waals surface area contributed by atoms with E-state index in [1.54, 1.807) is 0 Å². The number of nitrogens with zero attached hydrogens (tertiary/aromatic N) is 1. The third-order valence-corrected chi connectivity index (χ3v) is 6.46. The summed E-state index contributed by atoms with van der Waals surface area (Å²) in [5.41, 5.74) is -0.0270. The van der Waals surface area contributed by atoms with E-state index in [4.69, 9.17) is 0 Å². The fourth-order valence-electron chi connectivity index (χ4n) is 5.18. The Morgan fingerprint density at radius 2 is 1.50 bits per heavy atom. The first-order valence-corrected chi connectivity index (χ1v) is 9.29. The van der Waals surface area contributed by atoms with E-state index in [0.29, 0.717) is 18.9 Å². The van der Waals surface area contributed by atoms with Crippen LogP contribution in [0.3, 0.4) is 0 Å². The predicted octanol–water partition coefficient (Wildman–Crippen LogP) is 5.54. The Morgan fingerprint density at radius 1 is 0.818 bits per heavy atom. The minimum Gasteiger partial charge on any atom is -0.300 e. The molecule has 3 aliphatic rings. The van der Waals surface area contributed by atoms with Gasteiger partial charge in [0.05, 0.1) is 5.92 Å². The quantitative estimate of drug-likeness (QED) is 0.613. The third kappa shape index (κ3) is 3.80. The number of alkyl halides is 3. The molecule has 2 aliphatic carbocycles.